The predicted octanol–water partition coefficient (Wildman–Crippen LogP) is 2.27. The summed E-state index contributed by atoms with van der Waals surface area (Å²) in [4.78, 5) is 4.32. The fourth-order valence-corrected chi connectivity index (χ4v) is 2.35. The first kappa shape index (κ1) is 8.43. The van der Waals surface area contributed by atoms with E-state index < -0.39 is 0 Å². The number of nitrogen functional groups attached to an aromatic ring is 1. The number of nitrogens with one attached hydrogen (secondary N) is 1. The molecule has 3 N–H and O–H groups in total. The van der Waals surface area contributed by atoms with Crippen LogP contribution in [0.2, 0.25) is 0 Å². The minimum atomic E-state index is 0.594. The van der Waals surface area contributed by atoms with Crippen molar-refractivity contribution in [2.24, 2.45) is 0 Å². The summed E-state index contributed by atoms with van der Waals surface area (Å²) in [5.41, 5.74) is 8.63. The second-order valence-corrected chi connectivity index (χ2v) is 4.24. The van der Waals surface area contributed by atoms with E-state index in [9.17, 15) is 0 Å². The van der Waals surface area contributed by atoms with E-state index in [1.807, 2.05) is 24.3 Å². The topological polar surface area (TPSA) is 67.6 Å². The standard InChI is InChI=1S/C10H8N4S/c11-10-13-9-6(7-4-5-12-14-7)2-1-3-8(9)15-10/h1-5H,(H2,11,13)(H,12,14). The molecule has 15 heavy (non-hydrogen) atoms. The second-order valence-electron chi connectivity index (χ2n) is 3.17. The van der Waals surface area contributed by atoms with Crippen LogP contribution in [-0.4, -0.2) is 15.2 Å². The number of aromatic nitrogens is 3. The van der Waals surface area contributed by atoms with Gasteiger partial charge in [-0.25, -0.2) is 4.98 Å². The highest BCUT2D eigenvalue weighted by Gasteiger charge is 2.08. The minimum absolute atomic E-state index is 0.594. The maximum atomic E-state index is 5.69. The number of fused-ring (bicyclic) bond motifs is 1. The fourth-order valence-electron chi connectivity index (χ4n) is 1.59. The van der Waals surface area contributed by atoms with Crippen LogP contribution < -0.4 is 5.73 Å². The molecular formula is C10H8N4S. The molecule has 0 bridgehead atoms. The number of nitrogens with zero attached hydrogens (tertiary/aromatic N) is 2. The van der Waals surface area contributed by atoms with Crippen LogP contribution in [0.1, 0.15) is 0 Å². The summed E-state index contributed by atoms with van der Waals surface area (Å²) >= 11 is 1.50. The number of hydrogen-bond donors (Lipinski definition) is 2. The third-order valence-electron chi connectivity index (χ3n) is 2.23. The van der Waals surface area contributed by atoms with E-state index in [2.05, 4.69) is 15.2 Å². The molecule has 0 aliphatic carbocycles. The first-order valence-electron chi connectivity index (χ1n) is 4.49. The van der Waals surface area contributed by atoms with Crippen LogP contribution in [0.3, 0.4) is 0 Å². The lowest BCUT2D eigenvalue weighted by Crippen LogP contribution is -1.83. The highest BCUT2D eigenvalue weighted by molar-refractivity contribution is 7.22. The first-order chi connectivity index (χ1) is 7.34. The molecule has 0 aliphatic rings. The molecule has 0 fully saturated rings. The third-order valence-corrected chi connectivity index (χ3v) is 3.08. The zero-order valence-corrected chi connectivity index (χ0v) is 8.58. The summed E-state index contributed by atoms with van der Waals surface area (Å²) in [6, 6.07) is 7.94. The summed E-state index contributed by atoms with van der Waals surface area (Å²) in [7, 11) is 0. The highest BCUT2D eigenvalue weighted by atomic mass is 32.1. The second kappa shape index (κ2) is 3.06. The van der Waals surface area contributed by atoms with Crippen molar-refractivity contribution in [2.45, 2.75) is 0 Å². The number of rotatable bonds is 1. The lowest BCUT2D eigenvalue weighted by molar-refractivity contribution is 1.10. The molecule has 3 aromatic rings. The van der Waals surface area contributed by atoms with E-state index in [4.69, 9.17) is 5.73 Å². The first-order valence-corrected chi connectivity index (χ1v) is 5.31. The van der Waals surface area contributed by atoms with Crippen LogP contribution in [0.5, 0.6) is 0 Å². The molecule has 0 spiro atoms. The number of H-pyrrole nitrogens is 1. The van der Waals surface area contributed by atoms with Crippen molar-refractivity contribution in [1.29, 1.82) is 0 Å². The van der Waals surface area contributed by atoms with E-state index in [-0.39, 0.29) is 0 Å². The van der Waals surface area contributed by atoms with Gasteiger partial charge >= 0.3 is 0 Å². The molecule has 1 aromatic carbocycles. The van der Waals surface area contributed by atoms with Gasteiger partial charge in [-0.1, -0.05) is 23.5 Å². The average Bonchev–Trinajstić information content (AvgIpc) is 2.82. The quantitative estimate of drug-likeness (QED) is 0.655. The predicted molar refractivity (Wildman–Crippen MR) is 61.6 cm³/mol. The summed E-state index contributed by atoms with van der Waals surface area (Å²) < 4.78 is 1.10. The van der Waals surface area contributed by atoms with Crippen molar-refractivity contribution in [3.8, 4) is 11.3 Å². The van der Waals surface area contributed by atoms with E-state index in [1.165, 1.54) is 11.3 Å². The molecule has 5 heteroatoms. The molecule has 0 saturated carbocycles. The molecule has 0 radical (unpaired) electrons. The number of aromatic amines is 1. The Labute approximate surface area is 89.8 Å². The minimum Gasteiger partial charge on any atom is -0.375 e. The van der Waals surface area contributed by atoms with Crippen LogP contribution in [0.25, 0.3) is 21.5 Å². The zero-order valence-electron chi connectivity index (χ0n) is 7.77. The van der Waals surface area contributed by atoms with Crippen LogP contribution in [0.4, 0.5) is 5.13 Å². The van der Waals surface area contributed by atoms with Gasteiger partial charge < -0.3 is 5.73 Å². The SMILES string of the molecule is Nc1nc2c(-c3ccn[nH]3)cccc2s1. The Hall–Kier alpha value is -1.88. The van der Waals surface area contributed by atoms with E-state index in [0.29, 0.717) is 5.13 Å². The number of para-hydroxylation sites is 1. The van der Waals surface area contributed by atoms with Crippen molar-refractivity contribution in [3.05, 3.63) is 30.5 Å². The normalized spacial score (nSPS) is 10.9. The monoisotopic (exact) mass is 216 g/mol. The van der Waals surface area contributed by atoms with Gasteiger partial charge in [0.2, 0.25) is 0 Å². The molecule has 0 saturated heterocycles. The molecule has 0 amide bonds. The Morgan fingerprint density at radius 1 is 1.27 bits per heavy atom. The van der Waals surface area contributed by atoms with Crippen LogP contribution in [0, 0.1) is 0 Å². The van der Waals surface area contributed by atoms with E-state index >= 15 is 0 Å². The smallest absolute Gasteiger partial charge is 0.181 e. The van der Waals surface area contributed by atoms with E-state index in [0.717, 1.165) is 21.5 Å². The van der Waals surface area contributed by atoms with Gasteiger partial charge in [0.25, 0.3) is 0 Å². The van der Waals surface area contributed by atoms with Crippen molar-refractivity contribution in [2.75, 3.05) is 5.73 Å². The molecule has 74 valence electrons. The highest BCUT2D eigenvalue weighted by Crippen LogP contribution is 2.31. The fraction of sp³-hybridized carbons (Fsp3) is 0. The van der Waals surface area contributed by atoms with Crippen molar-refractivity contribution >= 4 is 26.7 Å². The van der Waals surface area contributed by atoms with Gasteiger partial charge in [0.05, 0.1) is 15.9 Å². The van der Waals surface area contributed by atoms with Gasteiger partial charge in [-0.15, -0.1) is 0 Å². The summed E-state index contributed by atoms with van der Waals surface area (Å²) in [5, 5.41) is 7.45. The maximum Gasteiger partial charge on any atom is 0.181 e. The Kier molecular flexibility index (Phi) is 1.72. The lowest BCUT2D eigenvalue weighted by Gasteiger charge is -1.97. The Morgan fingerprint density at radius 3 is 3.00 bits per heavy atom. The number of hydrogen-bond acceptors (Lipinski definition) is 4. The van der Waals surface area contributed by atoms with Crippen molar-refractivity contribution < 1.29 is 0 Å². The van der Waals surface area contributed by atoms with Gasteiger partial charge in [-0.3, -0.25) is 5.10 Å². The molecule has 0 unspecified atom stereocenters. The van der Waals surface area contributed by atoms with Crippen LogP contribution in [-0.2, 0) is 0 Å². The Bertz CT molecular complexity index is 597. The number of anilines is 1. The van der Waals surface area contributed by atoms with Gasteiger partial charge in [0, 0.05) is 11.8 Å². The molecule has 4 nitrogen and oxygen atoms in total. The number of nitrogens with two attached hydrogens (primary N) is 1. The summed E-state index contributed by atoms with van der Waals surface area (Å²) in [5.74, 6) is 0. The number of benzene rings is 1. The van der Waals surface area contributed by atoms with E-state index in [1.54, 1.807) is 6.20 Å². The maximum absolute atomic E-state index is 5.69. The third kappa shape index (κ3) is 1.28. The van der Waals surface area contributed by atoms with Crippen LogP contribution >= 0.6 is 11.3 Å². The molecule has 2 heterocycles. The molecule has 2 aromatic heterocycles. The Morgan fingerprint density at radius 2 is 2.20 bits per heavy atom. The summed E-state index contributed by atoms with van der Waals surface area (Å²) in [6.45, 7) is 0. The van der Waals surface area contributed by atoms with Crippen LogP contribution in [0.15, 0.2) is 30.5 Å². The summed E-state index contributed by atoms with van der Waals surface area (Å²) in [6.07, 6.45) is 1.73. The van der Waals surface area contributed by atoms with Gasteiger partial charge in [-0.05, 0) is 12.1 Å². The molecular weight excluding hydrogens is 208 g/mol. The van der Waals surface area contributed by atoms with Gasteiger partial charge in [0.1, 0.15) is 0 Å². The van der Waals surface area contributed by atoms with Crippen molar-refractivity contribution in [1.82, 2.24) is 15.2 Å². The largest absolute Gasteiger partial charge is 0.375 e. The average molecular weight is 216 g/mol. The van der Waals surface area contributed by atoms with Gasteiger partial charge in [-0.2, -0.15) is 5.10 Å². The molecule has 0 atom stereocenters. The zero-order chi connectivity index (χ0) is 10.3. The van der Waals surface area contributed by atoms with Crippen molar-refractivity contribution in [3.63, 3.8) is 0 Å². The lowest BCUT2D eigenvalue weighted by atomic mass is 10.1. The molecule has 0 aliphatic heterocycles. The van der Waals surface area contributed by atoms with Gasteiger partial charge in [0.15, 0.2) is 5.13 Å². The number of thiazole rings is 1. The Balaban J connectivity index is 2.35. The molecule has 3 rings (SSSR count).